The molecule has 0 aliphatic carbocycles. The highest BCUT2D eigenvalue weighted by molar-refractivity contribution is 5.99. The second-order valence-corrected chi connectivity index (χ2v) is 4.80. The van der Waals surface area contributed by atoms with Crippen LogP contribution in [0.2, 0.25) is 0 Å². The second kappa shape index (κ2) is 7.38. The largest absolute Gasteiger partial charge is 0.384 e. The Labute approximate surface area is 124 Å². The van der Waals surface area contributed by atoms with Crippen molar-refractivity contribution >= 4 is 11.6 Å². The van der Waals surface area contributed by atoms with Crippen molar-refractivity contribution in [3.05, 3.63) is 53.6 Å². The van der Waals surface area contributed by atoms with Gasteiger partial charge in [-0.3, -0.25) is 14.8 Å². The van der Waals surface area contributed by atoms with Gasteiger partial charge in [0, 0.05) is 25.1 Å². The van der Waals surface area contributed by atoms with Gasteiger partial charge in [0.25, 0.3) is 5.91 Å². The van der Waals surface area contributed by atoms with Crippen molar-refractivity contribution < 1.29 is 4.79 Å². The summed E-state index contributed by atoms with van der Waals surface area (Å²) in [4.78, 5) is 20.6. The fourth-order valence-electron chi connectivity index (χ4n) is 1.95. The third kappa shape index (κ3) is 4.02. The molecule has 5 nitrogen and oxygen atoms in total. The Hall–Kier alpha value is -2.43. The summed E-state index contributed by atoms with van der Waals surface area (Å²) < 4.78 is 0. The fraction of sp³-hybridized carbons (Fsp3) is 0.312. The lowest BCUT2D eigenvalue weighted by atomic mass is 10.2. The molecule has 21 heavy (non-hydrogen) atoms. The van der Waals surface area contributed by atoms with E-state index in [0.29, 0.717) is 12.1 Å². The molecule has 2 N–H and O–H groups in total. The Balaban J connectivity index is 2.05. The van der Waals surface area contributed by atoms with Gasteiger partial charge in [-0.25, -0.2) is 0 Å². The van der Waals surface area contributed by atoms with Crippen LogP contribution in [0.4, 0.5) is 5.69 Å². The summed E-state index contributed by atoms with van der Waals surface area (Å²) in [7, 11) is 0. The van der Waals surface area contributed by atoms with E-state index in [9.17, 15) is 4.79 Å². The average Bonchev–Trinajstić information content (AvgIpc) is 2.52. The summed E-state index contributed by atoms with van der Waals surface area (Å²) in [5, 5.41) is 6.13. The number of pyridine rings is 2. The SMILES string of the molecule is CCCNc1ccncc1C(=O)NCc1ncccc1C. The van der Waals surface area contributed by atoms with E-state index < -0.39 is 0 Å². The summed E-state index contributed by atoms with van der Waals surface area (Å²) in [6.45, 7) is 5.29. The Bertz CT molecular complexity index is 613. The van der Waals surface area contributed by atoms with Gasteiger partial charge in [0.1, 0.15) is 0 Å². The van der Waals surface area contributed by atoms with E-state index in [1.807, 2.05) is 25.1 Å². The monoisotopic (exact) mass is 284 g/mol. The maximum Gasteiger partial charge on any atom is 0.255 e. The van der Waals surface area contributed by atoms with Crippen LogP contribution in [0.15, 0.2) is 36.8 Å². The lowest BCUT2D eigenvalue weighted by Crippen LogP contribution is -2.25. The van der Waals surface area contributed by atoms with Crippen LogP contribution in [0.25, 0.3) is 0 Å². The Morgan fingerprint density at radius 2 is 2.14 bits per heavy atom. The minimum absolute atomic E-state index is 0.147. The molecular weight excluding hydrogens is 264 g/mol. The van der Waals surface area contributed by atoms with Gasteiger partial charge in [-0.2, -0.15) is 0 Å². The minimum Gasteiger partial charge on any atom is -0.384 e. The molecule has 1 amide bonds. The predicted molar refractivity (Wildman–Crippen MR) is 83.2 cm³/mol. The average molecular weight is 284 g/mol. The van der Waals surface area contributed by atoms with Crippen LogP contribution in [0.1, 0.15) is 35.0 Å². The van der Waals surface area contributed by atoms with Crippen LogP contribution in [0, 0.1) is 6.92 Å². The minimum atomic E-state index is -0.147. The molecule has 0 saturated carbocycles. The maximum absolute atomic E-state index is 12.3. The highest BCUT2D eigenvalue weighted by Gasteiger charge is 2.11. The lowest BCUT2D eigenvalue weighted by Gasteiger charge is -2.11. The van der Waals surface area contributed by atoms with Crippen molar-refractivity contribution in [1.82, 2.24) is 15.3 Å². The molecule has 0 aromatic carbocycles. The third-order valence-corrected chi connectivity index (χ3v) is 3.17. The van der Waals surface area contributed by atoms with Crippen LogP contribution in [-0.4, -0.2) is 22.4 Å². The summed E-state index contributed by atoms with van der Waals surface area (Å²) in [5.41, 5.74) is 3.30. The number of carbonyl (C=O) groups excluding carboxylic acids is 1. The van der Waals surface area contributed by atoms with Crippen molar-refractivity contribution in [2.75, 3.05) is 11.9 Å². The second-order valence-electron chi connectivity index (χ2n) is 4.80. The van der Waals surface area contributed by atoms with Crippen molar-refractivity contribution in [3.63, 3.8) is 0 Å². The van der Waals surface area contributed by atoms with Crippen LogP contribution >= 0.6 is 0 Å². The molecule has 110 valence electrons. The number of hydrogen-bond acceptors (Lipinski definition) is 4. The van der Waals surface area contributed by atoms with Crippen molar-refractivity contribution in [1.29, 1.82) is 0 Å². The quantitative estimate of drug-likeness (QED) is 0.855. The molecule has 0 atom stereocenters. The molecule has 2 heterocycles. The molecule has 0 aliphatic rings. The van der Waals surface area contributed by atoms with Gasteiger partial charge in [0.15, 0.2) is 0 Å². The van der Waals surface area contributed by atoms with Crippen molar-refractivity contribution in [2.24, 2.45) is 0 Å². The molecule has 2 aromatic heterocycles. The normalized spacial score (nSPS) is 10.2. The lowest BCUT2D eigenvalue weighted by molar-refractivity contribution is 0.0951. The van der Waals surface area contributed by atoms with Gasteiger partial charge < -0.3 is 10.6 Å². The first kappa shape index (κ1) is 15.0. The zero-order valence-electron chi connectivity index (χ0n) is 12.4. The predicted octanol–water partition coefficient (Wildman–Crippen LogP) is 2.54. The number of amides is 1. The summed E-state index contributed by atoms with van der Waals surface area (Å²) in [6.07, 6.45) is 5.99. The van der Waals surface area contributed by atoms with Gasteiger partial charge in [0.2, 0.25) is 0 Å². The van der Waals surface area contributed by atoms with E-state index in [2.05, 4.69) is 27.5 Å². The van der Waals surface area contributed by atoms with E-state index in [1.165, 1.54) is 0 Å². The molecule has 0 unspecified atom stereocenters. The summed E-state index contributed by atoms with van der Waals surface area (Å²) >= 11 is 0. The molecular formula is C16H20N4O. The first-order valence-electron chi connectivity index (χ1n) is 7.09. The molecule has 2 aromatic rings. The fourth-order valence-corrected chi connectivity index (χ4v) is 1.95. The van der Waals surface area contributed by atoms with Gasteiger partial charge in [0.05, 0.1) is 23.5 Å². The molecule has 0 aliphatic heterocycles. The molecule has 0 fully saturated rings. The Kier molecular flexibility index (Phi) is 5.26. The molecule has 5 heteroatoms. The van der Waals surface area contributed by atoms with Crippen LogP contribution in [0.3, 0.4) is 0 Å². The number of nitrogens with zero attached hydrogens (tertiary/aromatic N) is 2. The molecule has 0 spiro atoms. The number of aromatic nitrogens is 2. The van der Waals surface area contributed by atoms with E-state index in [4.69, 9.17) is 0 Å². The Morgan fingerprint density at radius 3 is 2.90 bits per heavy atom. The molecule has 2 rings (SSSR count). The van der Waals surface area contributed by atoms with E-state index >= 15 is 0 Å². The highest BCUT2D eigenvalue weighted by atomic mass is 16.1. The summed E-state index contributed by atoms with van der Waals surface area (Å²) in [5.74, 6) is -0.147. The molecule has 0 saturated heterocycles. The van der Waals surface area contributed by atoms with Gasteiger partial charge in [-0.1, -0.05) is 13.0 Å². The Morgan fingerprint density at radius 1 is 1.29 bits per heavy atom. The van der Waals surface area contributed by atoms with Crippen LogP contribution < -0.4 is 10.6 Å². The molecule has 0 radical (unpaired) electrons. The van der Waals surface area contributed by atoms with E-state index in [0.717, 1.165) is 29.9 Å². The number of rotatable bonds is 6. The number of aryl methyl sites for hydroxylation is 1. The first-order chi connectivity index (χ1) is 10.2. The van der Waals surface area contributed by atoms with E-state index in [1.54, 1.807) is 18.6 Å². The topological polar surface area (TPSA) is 66.9 Å². The third-order valence-electron chi connectivity index (χ3n) is 3.17. The number of nitrogens with one attached hydrogen (secondary N) is 2. The number of anilines is 1. The van der Waals surface area contributed by atoms with Gasteiger partial charge >= 0.3 is 0 Å². The number of carbonyl (C=O) groups is 1. The van der Waals surface area contributed by atoms with Crippen LogP contribution in [-0.2, 0) is 6.54 Å². The van der Waals surface area contributed by atoms with E-state index in [-0.39, 0.29) is 5.91 Å². The zero-order valence-corrected chi connectivity index (χ0v) is 12.4. The zero-order chi connectivity index (χ0) is 15.1. The van der Waals surface area contributed by atoms with Crippen molar-refractivity contribution in [2.45, 2.75) is 26.8 Å². The summed E-state index contributed by atoms with van der Waals surface area (Å²) in [6, 6.07) is 5.68. The maximum atomic E-state index is 12.3. The standard InChI is InChI=1S/C16H20N4O/c1-3-7-18-14-6-9-17-10-13(14)16(21)20-11-15-12(2)5-4-8-19-15/h4-6,8-10H,3,7,11H2,1-2H3,(H,17,18)(H,20,21). The first-order valence-corrected chi connectivity index (χ1v) is 7.09. The smallest absolute Gasteiger partial charge is 0.255 e. The van der Waals surface area contributed by atoms with Gasteiger partial charge in [-0.15, -0.1) is 0 Å². The molecule has 0 bridgehead atoms. The van der Waals surface area contributed by atoms with Gasteiger partial charge in [-0.05, 0) is 31.0 Å². The van der Waals surface area contributed by atoms with Crippen molar-refractivity contribution in [3.8, 4) is 0 Å². The van der Waals surface area contributed by atoms with Crippen LogP contribution in [0.5, 0.6) is 0 Å². The highest BCUT2D eigenvalue weighted by Crippen LogP contribution is 2.13. The number of hydrogen-bond donors (Lipinski definition) is 2.